The zero-order valence-corrected chi connectivity index (χ0v) is 9.71. The third-order valence-electron chi connectivity index (χ3n) is 1.80. The van der Waals surface area contributed by atoms with Gasteiger partial charge in [0.05, 0.1) is 11.1 Å². The van der Waals surface area contributed by atoms with Crippen molar-refractivity contribution in [1.29, 1.82) is 0 Å². The third-order valence-corrected chi connectivity index (χ3v) is 2.43. The normalized spacial score (nSPS) is 10.2. The maximum atomic E-state index is 5.59. The van der Waals surface area contributed by atoms with Crippen molar-refractivity contribution >= 4 is 15.9 Å². The Labute approximate surface area is 92.3 Å². The van der Waals surface area contributed by atoms with Gasteiger partial charge >= 0.3 is 0 Å². The molecule has 0 radical (unpaired) electrons. The molecular formula is C10H14BrNO2. The Kier molecular flexibility index (Phi) is 4.93. The van der Waals surface area contributed by atoms with Gasteiger partial charge in [-0.25, -0.2) is 0 Å². The second-order valence-corrected chi connectivity index (χ2v) is 3.63. The van der Waals surface area contributed by atoms with Crippen LogP contribution in [-0.2, 0) is 11.3 Å². The highest BCUT2D eigenvalue weighted by molar-refractivity contribution is 9.10. The van der Waals surface area contributed by atoms with Gasteiger partial charge in [-0.15, -0.1) is 0 Å². The molecule has 3 nitrogen and oxygen atoms in total. The van der Waals surface area contributed by atoms with Crippen molar-refractivity contribution in [1.82, 2.24) is 0 Å². The molecule has 0 aliphatic rings. The first-order valence-corrected chi connectivity index (χ1v) is 5.18. The summed E-state index contributed by atoms with van der Waals surface area (Å²) < 4.78 is 11.4. The van der Waals surface area contributed by atoms with Gasteiger partial charge < -0.3 is 15.2 Å². The maximum Gasteiger partial charge on any atom is 0.138 e. The molecule has 0 bridgehead atoms. The summed E-state index contributed by atoms with van der Waals surface area (Å²) in [5.41, 5.74) is 6.59. The molecule has 0 heterocycles. The zero-order chi connectivity index (χ0) is 10.4. The molecule has 0 fully saturated rings. The van der Waals surface area contributed by atoms with Crippen LogP contribution in [0.2, 0.25) is 0 Å². The van der Waals surface area contributed by atoms with E-state index in [4.69, 9.17) is 15.2 Å². The summed E-state index contributed by atoms with van der Waals surface area (Å²) in [5.74, 6) is 0.812. The fourth-order valence-corrected chi connectivity index (χ4v) is 1.62. The second kappa shape index (κ2) is 6.01. The SMILES string of the molecule is COCCOc1c(Br)cccc1CN. The third kappa shape index (κ3) is 2.97. The van der Waals surface area contributed by atoms with E-state index in [0.717, 1.165) is 15.8 Å². The summed E-state index contributed by atoms with van der Waals surface area (Å²) in [4.78, 5) is 0. The molecule has 0 aromatic heterocycles. The van der Waals surface area contributed by atoms with Crippen LogP contribution < -0.4 is 10.5 Å². The van der Waals surface area contributed by atoms with E-state index in [0.29, 0.717) is 19.8 Å². The minimum atomic E-state index is 0.474. The van der Waals surface area contributed by atoms with Gasteiger partial charge in [-0.05, 0) is 22.0 Å². The minimum Gasteiger partial charge on any atom is -0.490 e. The first kappa shape index (κ1) is 11.5. The summed E-state index contributed by atoms with van der Waals surface area (Å²) in [5, 5.41) is 0. The molecular weight excluding hydrogens is 246 g/mol. The Balaban J connectivity index is 2.72. The fraction of sp³-hybridized carbons (Fsp3) is 0.400. The van der Waals surface area contributed by atoms with Gasteiger partial charge in [0, 0.05) is 19.2 Å². The smallest absolute Gasteiger partial charge is 0.138 e. The van der Waals surface area contributed by atoms with Gasteiger partial charge in [0.15, 0.2) is 0 Å². The van der Waals surface area contributed by atoms with Crippen LogP contribution in [0.4, 0.5) is 0 Å². The Morgan fingerprint density at radius 2 is 2.14 bits per heavy atom. The molecule has 0 aliphatic carbocycles. The largest absolute Gasteiger partial charge is 0.490 e. The molecule has 78 valence electrons. The highest BCUT2D eigenvalue weighted by Crippen LogP contribution is 2.28. The summed E-state index contributed by atoms with van der Waals surface area (Å²) in [6.45, 7) is 1.58. The van der Waals surface area contributed by atoms with Gasteiger partial charge in [-0.2, -0.15) is 0 Å². The molecule has 1 rings (SSSR count). The summed E-state index contributed by atoms with van der Waals surface area (Å²) in [6, 6.07) is 5.82. The Morgan fingerprint density at radius 1 is 1.36 bits per heavy atom. The van der Waals surface area contributed by atoms with E-state index in [9.17, 15) is 0 Å². The lowest BCUT2D eigenvalue weighted by Gasteiger charge is -2.11. The predicted molar refractivity (Wildman–Crippen MR) is 59.4 cm³/mol. The summed E-state index contributed by atoms with van der Waals surface area (Å²) in [6.07, 6.45) is 0. The molecule has 0 amide bonds. The van der Waals surface area contributed by atoms with E-state index in [1.165, 1.54) is 0 Å². The molecule has 0 unspecified atom stereocenters. The summed E-state index contributed by atoms with van der Waals surface area (Å²) in [7, 11) is 1.65. The van der Waals surface area contributed by atoms with Gasteiger partial charge in [0.1, 0.15) is 12.4 Å². The van der Waals surface area contributed by atoms with Crippen molar-refractivity contribution < 1.29 is 9.47 Å². The van der Waals surface area contributed by atoms with Crippen LogP contribution in [0.3, 0.4) is 0 Å². The lowest BCUT2D eigenvalue weighted by atomic mass is 10.2. The molecule has 4 heteroatoms. The van der Waals surface area contributed by atoms with Gasteiger partial charge in [-0.3, -0.25) is 0 Å². The number of ether oxygens (including phenoxy) is 2. The van der Waals surface area contributed by atoms with Gasteiger partial charge in [0.25, 0.3) is 0 Å². The maximum absolute atomic E-state index is 5.59. The number of halogens is 1. The molecule has 14 heavy (non-hydrogen) atoms. The second-order valence-electron chi connectivity index (χ2n) is 2.77. The van der Waals surface area contributed by atoms with Crippen LogP contribution in [-0.4, -0.2) is 20.3 Å². The lowest BCUT2D eigenvalue weighted by Crippen LogP contribution is -2.08. The van der Waals surface area contributed by atoms with Crippen LogP contribution >= 0.6 is 15.9 Å². The average Bonchev–Trinajstić information content (AvgIpc) is 2.20. The van der Waals surface area contributed by atoms with Crippen LogP contribution in [0, 0.1) is 0 Å². The average molecular weight is 260 g/mol. The Bertz CT molecular complexity index is 291. The topological polar surface area (TPSA) is 44.5 Å². The lowest BCUT2D eigenvalue weighted by molar-refractivity contribution is 0.145. The van der Waals surface area contributed by atoms with Crippen LogP contribution in [0.5, 0.6) is 5.75 Å². The number of para-hydroxylation sites is 1. The molecule has 0 saturated heterocycles. The van der Waals surface area contributed by atoms with Crippen molar-refractivity contribution in [3.8, 4) is 5.75 Å². The van der Waals surface area contributed by atoms with Gasteiger partial charge in [0.2, 0.25) is 0 Å². The van der Waals surface area contributed by atoms with Crippen LogP contribution in [0.25, 0.3) is 0 Å². The number of hydrogen-bond acceptors (Lipinski definition) is 3. The van der Waals surface area contributed by atoms with Gasteiger partial charge in [-0.1, -0.05) is 12.1 Å². The van der Waals surface area contributed by atoms with Crippen LogP contribution in [0.15, 0.2) is 22.7 Å². The van der Waals surface area contributed by atoms with Crippen molar-refractivity contribution in [3.63, 3.8) is 0 Å². The quantitative estimate of drug-likeness (QED) is 0.823. The predicted octanol–water partition coefficient (Wildman–Crippen LogP) is 1.93. The summed E-state index contributed by atoms with van der Waals surface area (Å²) >= 11 is 3.42. The molecule has 0 spiro atoms. The van der Waals surface area contributed by atoms with E-state index >= 15 is 0 Å². The molecule has 0 saturated carbocycles. The van der Waals surface area contributed by atoms with Crippen molar-refractivity contribution in [2.75, 3.05) is 20.3 Å². The first-order valence-electron chi connectivity index (χ1n) is 4.38. The molecule has 1 aromatic carbocycles. The molecule has 2 N–H and O–H groups in total. The number of hydrogen-bond donors (Lipinski definition) is 1. The Hall–Kier alpha value is -0.580. The Morgan fingerprint density at radius 3 is 2.79 bits per heavy atom. The van der Waals surface area contributed by atoms with E-state index in [2.05, 4.69) is 15.9 Å². The van der Waals surface area contributed by atoms with Crippen molar-refractivity contribution in [3.05, 3.63) is 28.2 Å². The number of benzene rings is 1. The van der Waals surface area contributed by atoms with Crippen molar-refractivity contribution in [2.45, 2.75) is 6.54 Å². The first-order chi connectivity index (χ1) is 6.79. The standard InChI is InChI=1S/C10H14BrNO2/c1-13-5-6-14-10-8(7-12)3-2-4-9(10)11/h2-4H,5-7,12H2,1H3. The van der Waals surface area contributed by atoms with Crippen molar-refractivity contribution in [2.24, 2.45) is 5.73 Å². The monoisotopic (exact) mass is 259 g/mol. The number of rotatable bonds is 5. The van der Waals surface area contributed by atoms with E-state index in [1.807, 2.05) is 18.2 Å². The number of methoxy groups -OCH3 is 1. The highest BCUT2D eigenvalue weighted by Gasteiger charge is 2.05. The fourth-order valence-electron chi connectivity index (χ4n) is 1.10. The number of nitrogens with two attached hydrogens (primary N) is 1. The zero-order valence-electron chi connectivity index (χ0n) is 8.13. The molecule has 0 atom stereocenters. The highest BCUT2D eigenvalue weighted by atomic mass is 79.9. The minimum absolute atomic E-state index is 0.474. The molecule has 1 aromatic rings. The van der Waals surface area contributed by atoms with E-state index < -0.39 is 0 Å². The van der Waals surface area contributed by atoms with Crippen LogP contribution in [0.1, 0.15) is 5.56 Å². The van der Waals surface area contributed by atoms with E-state index in [1.54, 1.807) is 7.11 Å². The molecule has 0 aliphatic heterocycles. The van der Waals surface area contributed by atoms with E-state index in [-0.39, 0.29) is 0 Å².